The number of ether oxygens (including phenoxy) is 2. The van der Waals surface area contributed by atoms with Crippen LogP contribution >= 0.6 is 0 Å². The lowest BCUT2D eigenvalue weighted by Crippen LogP contribution is -2.26. The van der Waals surface area contributed by atoms with E-state index in [0.717, 1.165) is 11.1 Å². The summed E-state index contributed by atoms with van der Waals surface area (Å²) >= 11 is 0. The van der Waals surface area contributed by atoms with Gasteiger partial charge in [0.25, 0.3) is 0 Å². The van der Waals surface area contributed by atoms with Gasteiger partial charge in [0, 0.05) is 0 Å². The highest BCUT2D eigenvalue weighted by atomic mass is 16.7. The van der Waals surface area contributed by atoms with Crippen LogP contribution in [-0.4, -0.2) is 22.9 Å². The third-order valence-electron chi connectivity index (χ3n) is 4.10. The largest absolute Gasteiger partial charge is 0.454 e. The number of fused-ring (bicyclic) bond motifs is 1. The molecule has 1 unspecified atom stereocenters. The van der Waals surface area contributed by atoms with E-state index in [1.165, 1.54) is 0 Å². The molecule has 2 heterocycles. The summed E-state index contributed by atoms with van der Waals surface area (Å²) in [7, 11) is 0. The average molecular weight is 351 g/mol. The normalized spacial score (nSPS) is 13.4. The fraction of sp³-hybridized carbons (Fsp3) is 0.211. The van der Waals surface area contributed by atoms with Gasteiger partial charge in [0.15, 0.2) is 11.5 Å². The lowest BCUT2D eigenvalue weighted by Gasteiger charge is -2.12. The number of aromatic nitrogens is 2. The summed E-state index contributed by atoms with van der Waals surface area (Å²) in [5, 5.41) is 10.7. The zero-order valence-electron chi connectivity index (χ0n) is 14.1. The van der Waals surface area contributed by atoms with E-state index in [4.69, 9.17) is 13.9 Å². The van der Waals surface area contributed by atoms with Crippen LogP contribution in [0.2, 0.25) is 0 Å². The second-order valence-corrected chi connectivity index (χ2v) is 5.97. The summed E-state index contributed by atoms with van der Waals surface area (Å²) in [5.74, 6) is 1.32. The minimum atomic E-state index is -0.397. The monoisotopic (exact) mass is 351 g/mol. The first-order valence-corrected chi connectivity index (χ1v) is 8.26. The number of benzene rings is 2. The topological polar surface area (TPSA) is 86.5 Å². The van der Waals surface area contributed by atoms with E-state index in [1.54, 1.807) is 0 Å². The van der Waals surface area contributed by atoms with Crippen LogP contribution in [0.1, 0.15) is 40.7 Å². The van der Waals surface area contributed by atoms with Gasteiger partial charge < -0.3 is 19.2 Å². The summed E-state index contributed by atoms with van der Waals surface area (Å²) in [6, 6.07) is 15.1. The van der Waals surface area contributed by atoms with Gasteiger partial charge in [-0.3, -0.25) is 4.79 Å². The van der Waals surface area contributed by atoms with Crippen LogP contribution < -0.4 is 14.8 Å². The van der Waals surface area contributed by atoms with Crippen LogP contribution in [-0.2, 0) is 6.42 Å². The molecule has 132 valence electrons. The summed E-state index contributed by atoms with van der Waals surface area (Å²) < 4.78 is 16.1. The first-order valence-electron chi connectivity index (χ1n) is 8.26. The number of amides is 1. The van der Waals surface area contributed by atoms with Crippen LogP contribution in [0.5, 0.6) is 11.5 Å². The van der Waals surface area contributed by atoms with Gasteiger partial charge in [-0.15, -0.1) is 10.2 Å². The van der Waals surface area contributed by atoms with Crippen LogP contribution in [0.15, 0.2) is 52.9 Å². The molecule has 26 heavy (non-hydrogen) atoms. The molecule has 0 fully saturated rings. The molecule has 4 rings (SSSR count). The van der Waals surface area contributed by atoms with E-state index in [-0.39, 0.29) is 18.7 Å². The molecular weight excluding hydrogens is 334 g/mol. The Balaban J connectivity index is 1.42. The fourth-order valence-electron chi connectivity index (χ4n) is 2.73. The number of nitrogens with zero attached hydrogens (tertiary/aromatic N) is 2. The Hall–Kier alpha value is -3.35. The minimum absolute atomic E-state index is 0.0523. The summed E-state index contributed by atoms with van der Waals surface area (Å²) in [6.45, 7) is 2.13. The molecule has 0 saturated carbocycles. The van der Waals surface area contributed by atoms with E-state index in [1.807, 2.05) is 55.5 Å². The van der Waals surface area contributed by atoms with E-state index in [0.29, 0.717) is 23.8 Å². The molecule has 1 aromatic heterocycles. The summed E-state index contributed by atoms with van der Waals surface area (Å²) in [6.07, 6.45) is 0.408. The van der Waals surface area contributed by atoms with Crippen LogP contribution in [0.4, 0.5) is 0 Å². The Morgan fingerprint density at radius 2 is 1.92 bits per heavy atom. The minimum Gasteiger partial charge on any atom is -0.454 e. The lowest BCUT2D eigenvalue weighted by molar-refractivity contribution is 0.0903. The highest BCUT2D eigenvalue weighted by Crippen LogP contribution is 2.33. The Labute approximate surface area is 150 Å². The Bertz CT molecular complexity index is 924. The number of carbonyl (C=O) groups is 1. The maximum atomic E-state index is 12.3. The van der Waals surface area contributed by atoms with Crippen molar-refractivity contribution in [2.75, 3.05) is 6.79 Å². The molecular formula is C19H17N3O4. The molecule has 7 nitrogen and oxygen atoms in total. The fourth-order valence-corrected chi connectivity index (χ4v) is 2.73. The van der Waals surface area contributed by atoms with Gasteiger partial charge in [-0.05, 0) is 30.2 Å². The van der Waals surface area contributed by atoms with Crippen molar-refractivity contribution >= 4 is 5.91 Å². The predicted octanol–water partition coefficient (Wildman–Crippen LogP) is 2.88. The molecule has 0 saturated heterocycles. The second kappa shape index (κ2) is 6.87. The number of hydrogen-bond donors (Lipinski definition) is 1. The van der Waals surface area contributed by atoms with Gasteiger partial charge >= 0.3 is 11.8 Å². The van der Waals surface area contributed by atoms with Crippen molar-refractivity contribution in [1.82, 2.24) is 15.5 Å². The van der Waals surface area contributed by atoms with Gasteiger partial charge in [0.05, 0.1) is 12.5 Å². The Kier molecular flexibility index (Phi) is 4.27. The molecule has 1 aliphatic heterocycles. The van der Waals surface area contributed by atoms with Crippen molar-refractivity contribution in [3.63, 3.8) is 0 Å². The molecule has 2 aromatic carbocycles. The van der Waals surface area contributed by atoms with Crippen molar-refractivity contribution in [2.24, 2.45) is 0 Å². The van der Waals surface area contributed by atoms with Crippen molar-refractivity contribution in [3.8, 4) is 11.5 Å². The Morgan fingerprint density at radius 3 is 2.77 bits per heavy atom. The van der Waals surface area contributed by atoms with Crippen molar-refractivity contribution in [3.05, 3.63) is 71.4 Å². The van der Waals surface area contributed by atoms with Crippen LogP contribution in [0.25, 0.3) is 0 Å². The molecule has 0 spiro atoms. The third kappa shape index (κ3) is 3.37. The number of hydrogen-bond acceptors (Lipinski definition) is 6. The molecule has 1 aliphatic rings. The van der Waals surface area contributed by atoms with Crippen LogP contribution in [0.3, 0.4) is 0 Å². The third-order valence-corrected chi connectivity index (χ3v) is 4.10. The first kappa shape index (κ1) is 16.1. The van der Waals surface area contributed by atoms with Gasteiger partial charge in [-0.25, -0.2) is 0 Å². The number of rotatable bonds is 5. The summed E-state index contributed by atoms with van der Waals surface area (Å²) in [4.78, 5) is 12.3. The maximum absolute atomic E-state index is 12.3. The summed E-state index contributed by atoms with van der Waals surface area (Å²) in [5.41, 5.74) is 1.93. The standard InChI is InChI=1S/C19H17N3O4/c1-12(14-5-3-2-4-6-14)20-18(23)19-22-21-17(26-19)10-13-7-8-15-16(9-13)25-11-24-15/h2-9,12H,10-11H2,1H3,(H,20,23). The van der Waals surface area contributed by atoms with Gasteiger partial charge in [0.1, 0.15) is 0 Å². The second-order valence-electron chi connectivity index (χ2n) is 5.97. The van der Waals surface area contributed by atoms with E-state index in [2.05, 4.69) is 15.5 Å². The Morgan fingerprint density at radius 1 is 1.12 bits per heavy atom. The molecule has 1 amide bonds. The van der Waals surface area contributed by atoms with Gasteiger partial charge in [-0.2, -0.15) is 0 Å². The maximum Gasteiger partial charge on any atom is 0.309 e. The molecule has 1 N–H and O–H groups in total. The quantitative estimate of drug-likeness (QED) is 0.761. The number of carbonyl (C=O) groups excluding carboxylic acids is 1. The SMILES string of the molecule is CC(NC(=O)c1nnc(Cc2ccc3c(c2)OCO3)o1)c1ccccc1. The smallest absolute Gasteiger partial charge is 0.309 e. The number of nitrogens with one attached hydrogen (secondary N) is 1. The van der Waals surface area contributed by atoms with Crippen LogP contribution in [0, 0.1) is 0 Å². The zero-order chi connectivity index (χ0) is 17.9. The van der Waals surface area contributed by atoms with Gasteiger partial charge in [-0.1, -0.05) is 36.4 Å². The average Bonchev–Trinajstić information content (AvgIpc) is 3.31. The molecule has 0 aliphatic carbocycles. The van der Waals surface area contributed by atoms with E-state index < -0.39 is 5.91 Å². The molecule has 0 radical (unpaired) electrons. The zero-order valence-corrected chi connectivity index (χ0v) is 14.1. The van der Waals surface area contributed by atoms with E-state index >= 15 is 0 Å². The highest BCUT2D eigenvalue weighted by Gasteiger charge is 2.19. The van der Waals surface area contributed by atoms with Crippen molar-refractivity contribution in [2.45, 2.75) is 19.4 Å². The van der Waals surface area contributed by atoms with Crippen molar-refractivity contribution in [1.29, 1.82) is 0 Å². The van der Waals surface area contributed by atoms with Crippen molar-refractivity contribution < 1.29 is 18.7 Å². The molecule has 7 heteroatoms. The first-order chi connectivity index (χ1) is 12.7. The van der Waals surface area contributed by atoms with Gasteiger partial charge in [0.2, 0.25) is 12.7 Å². The molecule has 0 bridgehead atoms. The molecule has 3 aromatic rings. The predicted molar refractivity (Wildman–Crippen MR) is 92.0 cm³/mol. The highest BCUT2D eigenvalue weighted by molar-refractivity contribution is 5.89. The molecule has 1 atom stereocenters. The lowest BCUT2D eigenvalue weighted by atomic mass is 10.1. The van der Waals surface area contributed by atoms with E-state index in [9.17, 15) is 4.79 Å².